The third-order valence-corrected chi connectivity index (χ3v) is 2.81. The maximum absolute atomic E-state index is 5.18. The summed E-state index contributed by atoms with van der Waals surface area (Å²) in [5, 5.41) is 3.64. The summed E-state index contributed by atoms with van der Waals surface area (Å²) >= 11 is 0. The van der Waals surface area contributed by atoms with Crippen LogP contribution < -0.4 is 5.32 Å². The topological polar surface area (TPSA) is 21.3 Å². The molecule has 0 bridgehead atoms. The summed E-state index contributed by atoms with van der Waals surface area (Å²) in [7, 11) is 1.75. The van der Waals surface area contributed by atoms with Gasteiger partial charge in [-0.05, 0) is 24.8 Å². The average molecular weight is 235 g/mol. The van der Waals surface area contributed by atoms with Crippen molar-refractivity contribution < 1.29 is 4.74 Å². The van der Waals surface area contributed by atoms with E-state index in [2.05, 4.69) is 56.4 Å². The van der Waals surface area contributed by atoms with Gasteiger partial charge in [-0.25, -0.2) is 0 Å². The second-order valence-electron chi connectivity index (χ2n) is 5.12. The smallest absolute Gasteiger partial charge is 0.0613 e. The highest BCUT2D eigenvalue weighted by molar-refractivity contribution is 5.19. The van der Waals surface area contributed by atoms with Crippen molar-refractivity contribution in [3.63, 3.8) is 0 Å². The number of ether oxygens (including phenoxy) is 1. The average Bonchev–Trinajstić information content (AvgIpc) is 2.29. The molecule has 0 aliphatic rings. The normalized spacial score (nSPS) is 14.9. The van der Waals surface area contributed by atoms with Gasteiger partial charge in [0.25, 0.3) is 0 Å². The first-order valence-electron chi connectivity index (χ1n) is 6.43. The minimum Gasteiger partial charge on any atom is -0.383 e. The van der Waals surface area contributed by atoms with E-state index in [1.807, 2.05) is 0 Å². The zero-order chi connectivity index (χ0) is 12.7. The zero-order valence-corrected chi connectivity index (χ0v) is 11.4. The highest BCUT2D eigenvalue weighted by Crippen LogP contribution is 2.21. The van der Waals surface area contributed by atoms with Crippen LogP contribution in [-0.2, 0) is 4.74 Å². The number of hydrogen-bond acceptors (Lipinski definition) is 2. The highest BCUT2D eigenvalue weighted by atomic mass is 16.5. The number of nitrogens with one attached hydrogen (secondary N) is 1. The molecule has 1 rings (SSSR count). The van der Waals surface area contributed by atoms with Crippen molar-refractivity contribution in [1.29, 1.82) is 0 Å². The van der Waals surface area contributed by atoms with Crippen molar-refractivity contribution in [2.45, 2.75) is 39.3 Å². The van der Waals surface area contributed by atoms with Gasteiger partial charge >= 0.3 is 0 Å². The molecule has 0 aliphatic carbocycles. The van der Waals surface area contributed by atoms with Gasteiger partial charge in [0.1, 0.15) is 0 Å². The van der Waals surface area contributed by atoms with Crippen LogP contribution in [0.5, 0.6) is 0 Å². The predicted octanol–water partition coefficient (Wildman–Crippen LogP) is 3.40. The number of benzene rings is 1. The largest absolute Gasteiger partial charge is 0.383 e. The summed E-state index contributed by atoms with van der Waals surface area (Å²) < 4.78 is 5.18. The molecule has 2 atom stereocenters. The van der Waals surface area contributed by atoms with Gasteiger partial charge in [0.2, 0.25) is 0 Å². The lowest BCUT2D eigenvalue weighted by atomic mass is 9.96. The molecule has 1 aromatic rings. The Morgan fingerprint density at radius 1 is 1.12 bits per heavy atom. The van der Waals surface area contributed by atoms with Gasteiger partial charge in [-0.1, -0.05) is 44.2 Å². The molecule has 0 saturated heterocycles. The first kappa shape index (κ1) is 14.2. The molecule has 0 radical (unpaired) electrons. The van der Waals surface area contributed by atoms with Crippen LogP contribution in [-0.4, -0.2) is 19.8 Å². The Morgan fingerprint density at radius 3 is 2.29 bits per heavy atom. The van der Waals surface area contributed by atoms with Crippen LogP contribution in [0.1, 0.15) is 38.8 Å². The van der Waals surface area contributed by atoms with E-state index in [9.17, 15) is 0 Å². The maximum atomic E-state index is 5.18. The molecule has 2 unspecified atom stereocenters. The first-order valence-corrected chi connectivity index (χ1v) is 6.43. The zero-order valence-electron chi connectivity index (χ0n) is 11.4. The Labute approximate surface area is 105 Å². The summed E-state index contributed by atoms with van der Waals surface area (Å²) in [4.78, 5) is 0. The van der Waals surface area contributed by atoms with E-state index in [1.54, 1.807) is 7.11 Å². The van der Waals surface area contributed by atoms with Crippen molar-refractivity contribution in [2.75, 3.05) is 13.7 Å². The van der Waals surface area contributed by atoms with Gasteiger partial charge in [-0.3, -0.25) is 0 Å². The third kappa shape index (κ3) is 5.33. The van der Waals surface area contributed by atoms with Crippen LogP contribution in [0.15, 0.2) is 30.3 Å². The molecule has 0 aromatic heterocycles. The molecule has 0 saturated carbocycles. The lowest BCUT2D eigenvalue weighted by Gasteiger charge is -2.25. The molecule has 1 N–H and O–H groups in total. The van der Waals surface area contributed by atoms with E-state index in [1.165, 1.54) is 5.56 Å². The number of rotatable bonds is 7. The van der Waals surface area contributed by atoms with Crippen LogP contribution in [0.3, 0.4) is 0 Å². The minimum atomic E-state index is 0.379. The van der Waals surface area contributed by atoms with Gasteiger partial charge < -0.3 is 10.1 Å². The Balaban J connectivity index is 2.67. The lowest BCUT2D eigenvalue weighted by molar-refractivity contribution is 0.164. The van der Waals surface area contributed by atoms with Crippen molar-refractivity contribution in [3.8, 4) is 0 Å². The van der Waals surface area contributed by atoms with Crippen LogP contribution in [0.4, 0.5) is 0 Å². The molecule has 0 heterocycles. The van der Waals surface area contributed by atoms with E-state index in [4.69, 9.17) is 4.74 Å². The molecule has 0 aliphatic heterocycles. The van der Waals surface area contributed by atoms with Gasteiger partial charge in [-0.15, -0.1) is 0 Å². The van der Waals surface area contributed by atoms with E-state index >= 15 is 0 Å². The summed E-state index contributed by atoms with van der Waals surface area (Å²) in [6, 6.07) is 11.5. The van der Waals surface area contributed by atoms with Crippen LogP contribution in [0.2, 0.25) is 0 Å². The van der Waals surface area contributed by atoms with E-state index in [-0.39, 0.29) is 0 Å². The third-order valence-electron chi connectivity index (χ3n) is 2.81. The molecule has 2 nitrogen and oxygen atoms in total. The van der Waals surface area contributed by atoms with Gasteiger partial charge in [-0.2, -0.15) is 0 Å². The predicted molar refractivity (Wildman–Crippen MR) is 73.1 cm³/mol. The summed E-state index contributed by atoms with van der Waals surface area (Å²) in [6.45, 7) is 7.44. The second kappa shape index (κ2) is 7.46. The first-order chi connectivity index (χ1) is 8.13. The summed E-state index contributed by atoms with van der Waals surface area (Å²) in [5.74, 6) is 0.683. The van der Waals surface area contributed by atoms with E-state index in [0.29, 0.717) is 18.0 Å². The monoisotopic (exact) mass is 235 g/mol. The number of hydrogen-bond donors (Lipinski definition) is 1. The SMILES string of the molecule is COCC(C)NC(CC(C)C)c1ccccc1. The molecular formula is C15H25NO. The molecular weight excluding hydrogens is 210 g/mol. The fourth-order valence-corrected chi connectivity index (χ4v) is 2.10. The quantitative estimate of drug-likeness (QED) is 0.782. The molecule has 17 heavy (non-hydrogen) atoms. The Kier molecular flexibility index (Phi) is 6.23. The molecule has 1 aromatic carbocycles. The molecule has 0 spiro atoms. The highest BCUT2D eigenvalue weighted by Gasteiger charge is 2.15. The summed E-state index contributed by atoms with van der Waals surface area (Å²) in [5.41, 5.74) is 1.36. The molecule has 0 amide bonds. The van der Waals surface area contributed by atoms with Crippen molar-refractivity contribution >= 4 is 0 Å². The Bertz CT molecular complexity index is 297. The van der Waals surface area contributed by atoms with Gasteiger partial charge in [0.15, 0.2) is 0 Å². The minimum absolute atomic E-state index is 0.379. The van der Waals surface area contributed by atoms with Crippen LogP contribution in [0.25, 0.3) is 0 Å². The lowest BCUT2D eigenvalue weighted by Crippen LogP contribution is -2.34. The molecule has 96 valence electrons. The van der Waals surface area contributed by atoms with Gasteiger partial charge in [0.05, 0.1) is 6.61 Å². The van der Waals surface area contributed by atoms with Crippen molar-refractivity contribution in [1.82, 2.24) is 5.32 Å². The second-order valence-corrected chi connectivity index (χ2v) is 5.12. The van der Waals surface area contributed by atoms with Crippen molar-refractivity contribution in [3.05, 3.63) is 35.9 Å². The molecule has 2 heteroatoms. The van der Waals surface area contributed by atoms with E-state index in [0.717, 1.165) is 13.0 Å². The van der Waals surface area contributed by atoms with E-state index < -0.39 is 0 Å². The fourth-order valence-electron chi connectivity index (χ4n) is 2.10. The standard InChI is InChI=1S/C15H25NO/c1-12(2)10-15(16-13(3)11-17-4)14-8-6-5-7-9-14/h5-9,12-13,15-16H,10-11H2,1-4H3. The Morgan fingerprint density at radius 2 is 1.76 bits per heavy atom. The number of methoxy groups -OCH3 is 1. The molecule has 0 fully saturated rings. The Hall–Kier alpha value is -0.860. The van der Waals surface area contributed by atoms with Crippen LogP contribution >= 0.6 is 0 Å². The van der Waals surface area contributed by atoms with Gasteiger partial charge in [0, 0.05) is 19.2 Å². The van der Waals surface area contributed by atoms with Crippen molar-refractivity contribution in [2.24, 2.45) is 5.92 Å². The fraction of sp³-hybridized carbons (Fsp3) is 0.600. The summed E-state index contributed by atoms with van der Waals surface area (Å²) in [6.07, 6.45) is 1.15. The van der Waals surface area contributed by atoms with Crippen LogP contribution in [0, 0.1) is 5.92 Å². The maximum Gasteiger partial charge on any atom is 0.0613 e.